The van der Waals surface area contributed by atoms with Gasteiger partial charge in [0.05, 0.1) is 4.90 Å². The van der Waals surface area contributed by atoms with Crippen molar-refractivity contribution >= 4 is 21.8 Å². The minimum Gasteiger partial charge on any atom is -0.344 e. The van der Waals surface area contributed by atoms with Crippen molar-refractivity contribution in [3.05, 3.63) is 29.3 Å². The van der Waals surface area contributed by atoms with Gasteiger partial charge in [0.2, 0.25) is 21.8 Å². The van der Waals surface area contributed by atoms with Gasteiger partial charge < -0.3 is 10.2 Å². The topological polar surface area (TPSA) is 86.8 Å². The first-order chi connectivity index (χ1) is 15.1. The van der Waals surface area contributed by atoms with Crippen molar-refractivity contribution in [2.24, 2.45) is 11.8 Å². The summed E-state index contributed by atoms with van der Waals surface area (Å²) in [5.41, 5.74) is 1.75. The smallest absolute Gasteiger partial charge is 0.245 e. The molecule has 1 aliphatic heterocycles. The molecule has 8 heteroatoms. The summed E-state index contributed by atoms with van der Waals surface area (Å²) in [5.74, 6) is -0.176. The summed E-state index contributed by atoms with van der Waals surface area (Å²) in [6, 6.07) is 4.76. The third-order valence-corrected chi connectivity index (χ3v) is 8.76. The maximum atomic E-state index is 13.2. The van der Waals surface area contributed by atoms with Crippen LogP contribution in [0.5, 0.6) is 0 Å². The Hall–Kier alpha value is -1.93. The first-order valence-corrected chi connectivity index (χ1v) is 13.2. The summed E-state index contributed by atoms with van der Waals surface area (Å²) in [5, 5.41) is 3.00. The zero-order valence-electron chi connectivity index (χ0n) is 19.8. The zero-order chi connectivity index (χ0) is 23.5. The number of hydrogen-bond acceptors (Lipinski definition) is 4. The zero-order valence-corrected chi connectivity index (χ0v) is 20.6. The average molecular weight is 464 g/mol. The van der Waals surface area contributed by atoms with E-state index in [-0.39, 0.29) is 36.7 Å². The summed E-state index contributed by atoms with van der Waals surface area (Å²) in [6.07, 6.45) is 5.08. The summed E-state index contributed by atoms with van der Waals surface area (Å²) in [6.45, 7) is 8.77. The molecule has 1 atom stereocenters. The van der Waals surface area contributed by atoms with Crippen molar-refractivity contribution in [1.82, 2.24) is 14.5 Å². The highest BCUT2D eigenvalue weighted by molar-refractivity contribution is 7.89. The second-order valence-electron chi connectivity index (χ2n) is 9.56. The Balaban J connectivity index is 1.63. The molecule has 2 aliphatic rings. The van der Waals surface area contributed by atoms with Crippen LogP contribution in [0.1, 0.15) is 57.1 Å². The molecule has 32 heavy (non-hydrogen) atoms. The lowest BCUT2D eigenvalue weighted by Crippen LogP contribution is -2.57. The minimum absolute atomic E-state index is 0.00228. The summed E-state index contributed by atoms with van der Waals surface area (Å²) >= 11 is 0. The van der Waals surface area contributed by atoms with Gasteiger partial charge in [0.15, 0.2) is 0 Å². The van der Waals surface area contributed by atoms with Gasteiger partial charge in [-0.15, -0.1) is 0 Å². The standard InChI is InChI=1S/C24H37N3O4S/c1-17(2)22(25-23(28)20-8-6-5-7-9-20)24(29)26-12-14-27(15-13-26)32(30,31)21-11-10-18(3)16-19(21)4/h10-11,16-17,20,22H,5-9,12-15H2,1-4H3,(H,25,28)/t22-/m1/s1. The highest BCUT2D eigenvalue weighted by atomic mass is 32.2. The number of aryl methyl sites for hydroxylation is 2. The van der Waals surface area contributed by atoms with Crippen molar-refractivity contribution in [3.8, 4) is 0 Å². The van der Waals surface area contributed by atoms with Crippen LogP contribution in [0.25, 0.3) is 0 Å². The predicted octanol–water partition coefficient (Wildman–Crippen LogP) is 2.86. The quantitative estimate of drug-likeness (QED) is 0.703. The Bertz CT molecular complexity index is 931. The Morgan fingerprint density at radius 2 is 1.62 bits per heavy atom. The molecule has 1 aromatic rings. The van der Waals surface area contributed by atoms with Crippen molar-refractivity contribution < 1.29 is 18.0 Å². The molecule has 0 bridgehead atoms. The van der Waals surface area contributed by atoms with E-state index in [1.807, 2.05) is 39.8 Å². The number of hydrogen-bond donors (Lipinski definition) is 1. The van der Waals surface area contributed by atoms with E-state index in [2.05, 4.69) is 5.32 Å². The van der Waals surface area contributed by atoms with Crippen LogP contribution in [0.15, 0.2) is 23.1 Å². The normalized spacial score (nSPS) is 19.7. The third kappa shape index (κ3) is 5.52. The number of nitrogens with zero attached hydrogens (tertiary/aromatic N) is 2. The summed E-state index contributed by atoms with van der Waals surface area (Å²) in [7, 11) is -3.60. The molecule has 0 unspecified atom stereocenters. The Kier molecular flexibility index (Phi) is 7.98. The minimum atomic E-state index is -3.60. The van der Waals surface area contributed by atoms with E-state index in [9.17, 15) is 18.0 Å². The molecule has 1 aliphatic carbocycles. The molecular weight excluding hydrogens is 426 g/mol. The molecule has 1 saturated heterocycles. The molecule has 178 valence electrons. The van der Waals surface area contributed by atoms with E-state index in [4.69, 9.17) is 0 Å². The molecular formula is C24H37N3O4S. The molecule has 3 rings (SSSR count). The lowest BCUT2D eigenvalue weighted by Gasteiger charge is -2.37. The van der Waals surface area contributed by atoms with E-state index in [0.29, 0.717) is 18.0 Å². The Morgan fingerprint density at radius 3 is 2.19 bits per heavy atom. The van der Waals surface area contributed by atoms with Crippen molar-refractivity contribution in [2.45, 2.75) is 70.7 Å². The van der Waals surface area contributed by atoms with E-state index >= 15 is 0 Å². The van der Waals surface area contributed by atoms with Gasteiger partial charge in [0.1, 0.15) is 6.04 Å². The number of rotatable bonds is 6. The van der Waals surface area contributed by atoms with Crippen LogP contribution >= 0.6 is 0 Å². The molecule has 0 radical (unpaired) electrons. The number of carbonyl (C=O) groups excluding carboxylic acids is 2. The second kappa shape index (κ2) is 10.3. The molecule has 0 aromatic heterocycles. The summed E-state index contributed by atoms with van der Waals surface area (Å²) in [4.78, 5) is 28.0. The van der Waals surface area contributed by atoms with E-state index < -0.39 is 16.1 Å². The van der Waals surface area contributed by atoms with Crippen molar-refractivity contribution in [1.29, 1.82) is 0 Å². The fourth-order valence-corrected chi connectivity index (χ4v) is 6.35. The maximum Gasteiger partial charge on any atom is 0.245 e. The molecule has 1 saturated carbocycles. The molecule has 2 amide bonds. The average Bonchev–Trinajstić information content (AvgIpc) is 2.77. The van der Waals surface area contributed by atoms with Gasteiger partial charge in [-0.2, -0.15) is 4.31 Å². The van der Waals surface area contributed by atoms with Crippen LogP contribution in [0.4, 0.5) is 0 Å². The van der Waals surface area contributed by atoms with Gasteiger partial charge in [0, 0.05) is 32.1 Å². The highest BCUT2D eigenvalue weighted by Gasteiger charge is 2.35. The third-order valence-electron chi connectivity index (χ3n) is 6.71. The van der Waals surface area contributed by atoms with Crippen LogP contribution in [-0.2, 0) is 19.6 Å². The number of sulfonamides is 1. The monoisotopic (exact) mass is 463 g/mol. The van der Waals surface area contributed by atoms with Crippen molar-refractivity contribution in [3.63, 3.8) is 0 Å². The molecule has 0 spiro atoms. The van der Waals surface area contributed by atoms with Gasteiger partial charge in [-0.1, -0.05) is 50.8 Å². The van der Waals surface area contributed by atoms with E-state index in [1.54, 1.807) is 11.0 Å². The van der Waals surface area contributed by atoms with Crippen LogP contribution in [-0.4, -0.2) is 61.7 Å². The van der Waals surface area contributed by atoms with Crippen LogP contribution in [0, 0.1) is 25.7 Å². The maximum absolute atomic E-state index is 13.2. The summed E-state index contributed by atoms with van der Waals surface area (Å²) < 4.78 is 27.7. The molecule has 1 heterocycles. The molecule has 7 nitrogen and oxygen atoms in total. The Morgan fingerprint density at radius 1 is 1.00 bits per heavy atom. The SMILES string of the molecule is Cc1ccc(S(=O)(=O)N2CCN(C(=O)[C@H](NC(=O)C3CCCCC3)C(C)C)CC2)c(C)c1. The Labute approximate surface area is 192 Å². The number of benzene rings is 1. The van der Waals surface area contributed by atoms with Gasteiger partial charge in [-0.3, -0.25) is 9.59 Å². The van der Waals surface area contributed by atoms with Gasteiger partial charge in [0.25, 0.3) is 0 Å². The lowest BCUT2D eigenvalue weighted by atomic mass is 9.88. The molecule has 1 aromatic carbocycles. The fourth-order valence-electron chi connectivity index (χ4n) is 4.72. The first kappa shape index (κ1) is 24.7. The van der Waals surface area contributed by atoms with Crippen LogP contribution < -0.4 is 5.32 Å². The van der Waals surface area contributed by atoms with E-state index in [1.165, 1.54) is 10.7 Å². The first-order valence-electron chi connectivity index (χ1n) is 11.8. The number of piperazine rings is 1. The fraction of sp³-hybridized carbons (Fsp3) is 0.667. The van der Waals surface area contributed by atoms with Crippen LogP contribution in [0.2, 0.25) is 0 Å². The van der Waals surface area contributed by atoms with Gasteiger partial charge in [-0.05, 0) is 44.2 Å². The number of nitrogens with one attached hydrogen (secondary N) is 1. The van der Waals surface area contributed by atoms with E-state index in [0.717, 1.165) is 36.8 Å². The van der Waals surface area contributed by atoms with Crippen LogP contribution in [0.3, 0.4) is 0 Å². The number of carbonyl (C=O) groups is 2. The van der Waals surface area contributed by atoms with Gasteiger partial charge >= 0.3 is 0 Å². The number of amides is 2. The predicted molar refractivity (Wildman–Crippen MR) is 125 cm³/mol. The lowest BCUT2D eigenvalue weighted by molar-refractivity contribution is -0.139. The molecule has 1 N–H and O–H groups in total. The second-order valence-corrected chi connectivity index (χ2v) is 11.5. The van der Waals surface area contributed by atoms with Gasteiger partial charge in [-0.25, -0.2) is 8.42 Å². The highest BCUT2D eigenvalue weighted by Crippen LogP contribution is 2.25. The largest absolute Gasteiger partial charge is 0.344 e. The molecule has 2 fully saturated rings. The van der Waals surface area contributed by atoms with Crippen molar-refractivity contribution in [2.75, 3.05) is 26.2 Å².